The van der Waals surface area contributed by atoms with Crippen molar-refractivity contribution in [3.05, 3.63) is 0 Å². The molecule has 0 rings (SSSR count). The molecule has 0 amide bonds. The quantitative estimate of drug-likeness (QED) is 0.432. The van der Waals surface area contributed by atoms with Crippen molar-refractivity contribution in [1.29, 1.82) is 0 Å². The van der Waals surface area contributed by atoms with Crippen molar-refractivity contribution in [3.63, 3.8) is 0 Å². The van der Waals surface area contributed by atoms with Crippen LogP contribution >= 0.6 is 8.25 Å². The fourth-order valence-corrected chi connectivity index (χ4v) is 1.64. The van der Waals surface area contributed by atoms with E-state index < -0.39 is 8.25 Å². The zero-order chi connectivity index (χ0) is 13.1. The normalized spacial score (nSPS) is 12.8. The average Bonchev–Trinajstić information content (AvgIpc) is 2.33. The van der Waals surface area contributed by atoms with E-state index >= 15 is 0 Å². The molecule has 1 atom stereocenters. The molecule has 0 saturated heterocycles. The van der Waals surface area contributed by atoms with Gasteiger partial charge in [0.25, 0.3) is 0 Å². The lowest BCUT2D eigenvalue weighted by Crippen LogP contribution is -2.38. The number of ether oxygens (including phenoxy) is 2. The zero-order valence-corrected chi connectivity index (χ0v) is 11.4. The summed E-state index contributed by atoms with van der Waals surface area (Å²) in [5, 5.41) is 0. The van der Waals surface area contributed by atoms with Gasteiger partial charge in [-0.25, -0.2) is 0 Å². The molecule has 0 fully saturated rings. The third-order valence-electron chi connectivity index (χ3n) is 2.61. The molecule has 0 saturated carbocycles. The molecule has 0 aromatic carbocycles. The van der Waals surface area contributed by atoms with Crippen LogP contribution in [0.15, 0.2) is 0 Å². The molecule has 0 heterocycles. The van der Waals surface area contributed by atoms with Crippen LogP contribution < -0.4 is 5.73 Å². The Morgan fingerprint density at radius 3 is 2.35 bits per heavy atom. The van der Waals surface area contributed by atoms with Gasteiger partial charge in [0.1, 0.15) is 6.61 Å². The minimum atomic E-state index is -2.54. The van der Waals surface area contributed by atoms with Crippen molar-refractivity contribution in [3.8, 4) is 0 Å². The second-order valence-electron chi connectivity index (χ2n) is 3.65. The summed E-state index contributed by atoms with van der Waals surface area (Å²) >= 11 is 0. The molecule has 6 nitrogen and oxygen atoms in total. The van der Waals surface area contributed by atoms with Gasteiger partial charge >= 0.3 is 8.25 Å². The molecule has 0 bridgehead atoms. The zero-order valence-electron chi connectivity index (χ0n) is 10.6. The van der Waals surface area contributed by atoms with E-state index in [4.69, 9.17) is 20.1 Å². The predicted octanol–water partition coefficient (Wildman–Crippen LogP) is 1.20. The Morgan fingerprint density at radius 1 is 1.24 bits per heavy atom. The van der Waals surface area contributed by atoms with Crippen LogP contribution in [0.2, 0.25) is 0 Å². The fourth-order valence-electron chi connectivity index (χ4n) is 1.41. The molecule has 102 valence electrons. The van der Waals surface area contributed by atoms with E-state index in [1.165, 1.54) is 0 Å². The number of hydrogen-bond donors (Lipinski definition) is 2. The summed E-state index contributed by atoms with van der Waals surface area (Å²) in [5.41, 5.74) is 5.09. The standard InChI is InChI=1S/C10H22NO5P/c1-3-10(4-2,15-6-5-11)9-14-7-8-16-17(12)13/h3-9,11H2,1-2H3/p+1. The van der Waals surface area contributed by atoms with Crippen LogP contribution in [0, 0.1) is 0 Å². The van der Waals surface area contributed by atoms with E-state index in [-0.39, 0.29) is 18.8 Å². The van der Waals surface area contributed by atoms with E-state index in [1.54, 1.807) is 0 Å². The summed E-state index contributed by atoms with van der Waals surface area (Å²) in [7, 11) is -2.54. The van der Waals surface area contributed by atoms with Crippen molar-refractivity contribution < 1.29 is 23.5 Å². The summed E-state index contributed by atoms with van der Waals surface area (Å²) < 4.78 is 25.8. The molecular formula is C10H23NO5P+. The van der Waals surface area contributed by atoms with Gasteiger partial charge in [0.15, 0.2) is 0 Å². The first-order valence-electron chi connectivity index (χ1n) is 5.81. The SMILES string of the molecule is CCC(CC)(COCCO[P+](=O)O)OCCN. The molecular weight excluding hydrogens is 245 g/mol. The monoisotopic (exact) mass is 268 g/mol. The van der Waals surface area contributed by atoms with Crippen molar-refractivity contribution in [2.24, 2.45) is 5.73 Å². The number of hydrogen-bond acceptors (Lipinski definition) is 5. The minimum absolute atomic E-state index is 0.103. The van der Waals surface area contributed by atoms with Crippen molar-refractivity contribution in [2.45, 2.75) is 32.3 Å². The van der Waals surface area contributed by atoms with Gasteiger partial charge in [-0.2, -0.15) is 0 Å². The Morgan fingerprint density at radius 2 is 1.88 bits per heavy atom. The molecule has 1 unspecified atom stereocenters. The van der Waals surface area contributed by atoms with E-state index in [1.807, 2.05) is 13.8 Å². The third kappa shape index (κ3) is 7.76. The van der Waals surface area contributed by atoms with Crippen molar-refractivity contribution in [1.82, 2.24) is 0 Å². The first-order valence-corrected chi connectivity index (χ1v) is 6.94. The fraction of sp³-hybridized carbons (Fsp3) is 1.00. The highest BCUT2D eigenvalue weighted by molar-refractivity contribution is 7.32. The molecule has 0 spiro atoms. The van der Waals surface area contributed by atoms with Gasteiger partial charge in [-0.1, -0.05) is 13.8 Å². The molecule has 17 heavy (non-hydrogen) atoms. The van der Waals surface area contributed by atoms with Crippen molar-refractivity contribution >= 4 is 8.25 Å². The van der Waals surface area contributed by atoms with Gasteiger partial charge in [0.05, 0.1) is 25.4 Å². The third-order valence-corrected chi connectivity index (χ3v) is 3.01. The van der Waals surface area contributed by atoms with Crippen LogP contribution in [-0.4, -0.2) is 43.5 Å². The highest BCUT2D eigenvalue weighted by atomic mass is 31.1. The Kier molecular flexibility index (Phi) is 9.82. The lowest BCUT2D eigenvalue weighted by molar-refractivity contribution is -0.102. The Balaban J connectivity index is 3.87. The summed E-state index contributed by atoms with van der Waals surface area (Å²) in [4.78, 5) is 8.41. The van der Waals surface area contributed by atoms with Crippen LogP contribution in [0.25, 0.3) is 0 Å². The van der Waals surface area contributed by atoms with E-state index in [0.29, 0.717) is 19.8 Å². The first-order chi connectivity index (χ1) is 8.10. The minimum Gasteiger partial charge on any atom is -0.376 e. The summed E-state index contributed by atoms with van der Waals surface area (Å²) in [5.74, 6) is 0. The van der Waals surface area contributed by atoms with Gasteiger partial charge in [-0.15, -0.1) is 9.42 Å². The molecule has 7 heteroatoms. The second kappa shape index (κ2) is 9.88. The largest absolute Gasteiger partial charge is 0.694 e. The maximum atomic E-state index is 10.2. The molecule has 0 aliphatic heterocycles. The molecule has 0 aromatic rings. The summed E-state index contributed by atoms with van der Waals surface area (Å²) in [6.07, 6.45) is 1.66. The topological polar surface area (TPSA) is 91.0 Å². The molecule has 0 aliphatic carbocycles. The van der Waals surface area contributed by atoms with Gasteiger partial charge in [-0.3, -0.25) is 0 Å². The van der Waals surface area contributed by atoms with Gasteiger partial charge in [0.2, 0.25) is 0 Å². The second-order valence-corrected chi connectivity index (χ2v) is 4.38. The lowest BCUT2D eigenvalue weighted by atomic mass is 9.98. The van der Waals surface area contributed by atoms with E-state index in [2.05, 4.69) is 4.52 Å². The van der Waals surface area contributed by atoms with Gasteiger partial charge < -0.3 is 15.2 Å². The van der Waals surface area contributed by atoms with Crippen LogP contribution in [0.5, 0.6) is 0 Å². The Hall–Kier alpha value is -0.100. The first kappa shape index (κ1) is 16.9. The summed E-state index contributed by atoms with van der Waals surface area (Å²) in [6, 6.07) is 0. The van der Waals surface area contributed by atoms with Crippen molar-refractivity contribution in [2.75, 3.05) is 33.0 Å². The maximum Gasteiger partial charge on any atom is 0.694 e. The Labute approximate surface area is 103 Å². The summed E-state index contributed by atoms with van der Waals surface area (Å²) in [6.45, 7) is 5.86. The molecule has 3 N–H and O–H groups in total. The van der Waals surface area contributed by atoms with Crippen LogP contribution in [0.4, 0.5) is 0 Å². The number of nitrogens with two attached hydrogens (primary N) is 1. The smallest absolute Gasteiger partial charge is 0.376 e. The van der Waals surface area contributed by atoms with Crippen LogP contribution in [-0.2, 0) is 18.6 Å². The molecule has 0 aromatic heterocycles. The van der Waals surface area contributed by atoms with E-state index in [9.17, 15) is 4.57 Å². The number of rotatable bonds is 11. The predicted molar refractivity (Wildman–Crippen MR) is 64.9 cm³/mol. The lowest BCUT2D eigenvalue weighted by Gasteiger charge is -2.31. The van der Waals surface area contributed by atoms with Crippen LogP contribution in [0.3, 0.4) is 0 Å². The van der Waals surface area contributed by atoms with Gasteiger partial charge in [0, 0.05) is 11.1 Å². The highest BCUT2D eigenvalue weighted by Gasteiger charge is 2.27. The molecule has 0 aliphatic rings. The average molecular weight is 268 g/mol. The van der Waals surface area contributed by atoms with E-state index in [0.717, 1.165) is 12.8 Å². The highest BCUT2D eigenvalue weighted by Crippen LogP contribution is 2.21. The van der Waals surface area contributed by atoms with Crippen LogP contribution in [0.1, 0.15) is 26.7 Å². The maximum absolute atomic E-state index is 10.2. The molecule has 0 radical (unpaired) electrons. The van der Waals surface area contributed by atoms with Gasteiger partial charge in [-0.05, 0) is 12.8 Å². The Bertz CT molecular complexity index is 211.